The summed E-state index contributed by atoms with van der Waals surface area (Å²) in [4.78, 5) is 26.4. The minimum absolute atomic E-state index is 0.0631. The number of ether oxygens (including phenoxy) is 1. The number of primary amides is 1. The van der Waals surface area contributed by atoms with Crippen molar-refractivity contribution in [1.82, 2.24) is 5.32 Å². The fourth-order valence-electron chi connectivity index (χ4n) is 5.40. The first-order chi connectivity index (χ1) is 18.3. The van der Waals surface area contributed by atoms with Gasteiger partial charge in [-0.1, -0.05) is 43.5 Å². The summed E-state index contributed by atoms with van der Waals surface area (Å²) in [7, 11) is 3.45. The van der Waals surface area contributed by atoms with Gasteiger partial charge in [-0.3, -0.25) is 4.79 Å². The molecular weight excluding hydrogens is 485 g/mol. The number of nitrogens with one attached hydrogen (secondary N) is 1. The monoisotopic (exact) mass is 519 g/mol. The number of nitrogens with zero attached hydrogens (tertiary/aromatic N) is 1. The maximum Gasteiger partial charge on any atom is 0.337 e. The zero-order valence-corrected chi connectivity index (χ0v) is 21.7. The largest absolute Gasteiger partial charge is 0.496 e. The van der Waals surface area contributed by atoms with Gasteiger partial charge in [-0.15, -0.1) is 0 Å². The van der Waals surface area contributed by atoms with Crippen LogP contribution in [0.25, 0.3) is 11.1 Å². The lowest BCUT2D eigenvalue weighted by Crippen LogP contribution is -2.43. The van der Waals surface area contributed by atoms with Gasteiger partial charge in [0.2, 0.25) is 0 Å². The molecule has 1 aliphatic carbocycles. The van der Waals surface area contributed by atoms with Gasteiger partial charge >= 0.3 is 5.97 Å². The van der Waals surface area contributed by atoms with E-state index in [0.717, 1.165) is 24.6 Å². The van der Waals surface area contributed by atoms with Gasteiger partial charge in [0.05, 0.1) is 23.9 Å². The number of hydrogen-bond acceptors (Lipinski definition) is 5. The minimum atomic E-state index is -1.11. The number of aromatic carboxylic acids is 1. The molecule has 0 radical (unpaired) electrons. The molecule has 200 valence electrons. The van der Waals surface area contributed by atoms with E-state index in [1.807, 2.05) is 42.3 Å². The predicted molar refractivity (Wildman–Crippen MR) is 147 cm³/mol. The van der Waals surface area contributed by atoms with Crippen LogP contribution in [0.3, 0.4) is 0 Å². The summed E-state index contributed by atoms with van der Waals surface area (Å²) >= 11 is 0. The molecule has 0 bridgehead atoms. The molecule has 1 aliphatic rings. The standard InChI is InChI=1S/C30H34FN3O4/c1-33-26(19-9-5-3-6-10-19)18-34(21-11-7-4-8-12-21)27-17-28(38-2)22(16-24(27)30(36)37)20-13-14-25(31)23(15-20)29(32)35/h4,7-8,11-17,19,26,33H,3,5-6,9-10,18H2,1-2H3,(H2,32,35)(H,36,37)/t26-/m0/s1. The average Bonchev–Trinajstić information content (AvgIpc) is 2.94. The Balaban J connectivity index is 1.85. The number of carboxylic acids is 1. The van der Waals surface area contributed by atoms with E-state index in [1.54, 1.807) is 6.07 Å². The SMILES string of the molecule is CN[C@@H](CN(c1ccccc1)c1cc(OC)c(-c2ccc(F)c(C(N)=O)c2)cc1C(=O)O)C1CCCCC1. The van der Waals surface area contributed by atoms with E-state index in [9.17, 15) is 19.1 Å². The lowest BCUT2D eigenvalue weighted by atomic mass is 9.83. The summed E-state index contributed by atoms with van der Waals surface area (Å²) in [6.45, 7) is 0.566. The number of anilines is 2. The molecule has 0 aliphatic heterocycles. The number of benzene rings is 3. The molecule has 8 heteroatoms. The third-order valence-corrected chi connectivity index (χ3v) is 7.42. The molecule has 3 aromatic rings. The smallest absolute Gasteiger partial charge is 0.337 e. The maximum atomic E-state index is 14.2. The predicted octanol–water partition coefficient (Wildman–Crippen LogP) is 5.60. The second kappa shape index (κ2) is 12.1. The van der Waals surface area contributed by atoms with Crippen LogP contribution >= 0.6 is 0 Å². The molecule has 0 spiro atoms. The van der Waals surface area contributed by atoms with Crippen molar-refractivity contribution in [3.05, 3.63) is 77.6 Å². The summed E-state index contributed by atoms with van der Waals surface area (Å²) in [5, 5.41) is 13.8. The summed E-state index contributed by atoms with van der Waals surface area (Å²) in [6.07, 6.45) is 5.91. The first kappa shape index (κ1) is 27.1. The quantitative estimate of drug-likeness (QED) is 0.322. The molecule has 0 aromatic heterocycles. The Bertz CT molecular complexity index is 1290. The normalized spacial score (nSPS) is 14.6. The number of carbonyl (C=O) groups is 2. The van der Waals surface area contributed by atoms with E-state index < -0.39 is 17.7 Å². The number of carbonyl (C=O) groups excluding carboxylic acids is 1. The van der Waals surface area contributed by atoms with Gasteiger partial charge in [0.25, 0.3) is 5.91 Å². The number of methoxy groups -OCH3 is 1. The van der Waals surface area contributed by atoms with Crippen molar-refractivity contribution < 1.29 is 23.8 Å². The van der Waals surface area contributed by atoms with Crippen LogP contribution in [0.1, 0.15) is 52.8 Å². The number of halogens is 1. The van der Waals surface area contributed by atoms with E-state index in [-0.39, 0.29) is 17.2 Å². The number of nitrogens with two attached hydrogens (primary N) is 1. The molecule has 7 nitrogen and oxygen atoms in total. The fourth-order valence-corrected chi connectivity index (χ4v) is 5.40. The van der Waals surface area contributed by atoms with Gasteiger partial charge in [-0.25, -0.2) is 9.18 Å². The summed E-state index contributed by atoms with van der Waals surface area (Å²) in [6, 6.07) is 17.0. The van der Waals surface area contributed by atoms with E-state index >= 15 is 0 Å². The summed E-state index contributed by atoms with van der Waals surface area (Å²) in [5.74, 6) is -1.88. The Morgan fingerprint density at radius 3 is 2.39 bits per heavy atom. The fraction of sp³-hybridized carbons (Fsp3) is 0.333. The van der Waals surface area contributed by atoms with Gasteiger partial charge in [-0.05, 0) is 61.7 Å². The van der Waals surface area contributed by atoms with Crippen molar-refractivity contribution in [3.63, 3.8) is 0 Å². The Hall–Kier alpha value is -3.91. The zero-order chi connectivity index (χ0) is 27.2. The van der Waals surface area contributed by atoms with Crippen LogP contribution in [-0.2, 0) is 0 Å². The molecule has 4 N–H and O–H groups in total. The molecule has 0 heterocycles. The lowest BCUT2D eigenvalue weighted by Gasteiger charge is -2.36. The molecule has 0 saturated heterocycles. The third kappa shape index (κ3) is 5.81. The van der Waals surface area contributed by atoms with Crippen molar-refractivity contribution in [2.75, 3.05) is 25.6 Å². The molecule has 4 rings (SSSR count). The molecule has 1 atom stereocenters. The number of carboxylic acid groups (broad SMARTS) is 1. The first-order valence-corrected chi connectivity index (χ1v) is 12.9. The Labute approximate surface area is 222 Å². The molecule has 3 aromatic carbocycles. The topological polar surface area (TPSA) is 105 Å². The van der Waals surface area contributed by atoms with Crippen LogP contribution in [0.4, 0.5) is 15.8 Å². The van der Waals surface area contributed by atoms with Gasteiger partial charge in [-0.2, -0.15) is 0 Å². The van der Waals surface area contributed by atoms with Crippen molar-refractivity contribution in [3.8, 4) is 16.9 Å². The van der Waals surface area contributed by atoms with E-state index in [2.05, 4.69) is 5.32 Å². The van der Waals surface area contributed by atoms with Crippen molar-refractivity contribution in [2.45, 2.75) is 38.1 Å². The van der Waals surface area contributed by atoms with Gasteiger partial charge in [0.15, 0.2) is 0 Å². The van der Waals surface area contributed by atoms with E-state index in [4.69, 9.17) is 10.5 Å². The maximum absolute atomic E-state index is 14.2. The van der Waals surface area contributed by atoms with Crippen molar-refractivity contribution >= 4 is 23.3 Å². The lowest BCUT2D eigenvalue weighted by molar-refractivity contribution is 0.0697. The molecule has 1 amide bonds. The van der Waals surface area contributed by atoms with Crippen LogP contribution < -0.4 is 20.7 Å². The highest BCUT2D eigenvalue weighted by molar-refractivity contribution is 5.99. The zero-order valence-electron chi connectivity index (χ0n) is 21.7. The number of hydrogen-bond donors (Lipinski definition) is 3. The first-order valence-electron chi connectivity index (χ1n) is 12.9. The van der Waals surface area contributed by atoms with Crippen LogP contribution in [0.2, 0.25) is 0 Å². The molecule has 1 saturated carbocycles. The average molecular weight is 520 g/mol. The second-order valence-electron chi connectivity index (χ2n) is 9.67. The third-order valence-electron chi connectivity index (χ3n) is 7.42. The highest BCUT2D eigenvalue weighted by Crippen LogP contribution is 2.40. The molecular formula is C30H34FN3O4. The van der Waals surface area contributed by atoms with Crippen LogP contribution in [0.5, 0.6) is 5.75 Å². The molecule has 1 fully saturated rings. The van der Waals surface area contributed by atoms with Crippen molar-refractivity contribution in [1.29, 1.82) is 0 Å². The Kier molecular flexibility index (Phi) is 8.63. The number of likely N-dealkylation sites (N-methyl/N-ethyl adjacent to an activating group) is 1. The van der Waals surface area contributed by atoms with E-state index in [0.29, 0.717) is 35.0 Å². The van der Waals surface area contributed by atoms with Gasteiger partial charge < -0.3 is 25.8 Å². The summed E-state index contributed by atoms with van der Waals surface area (Å²) in [5.41, 5.74) is 7.31. The van der Waals surface area contributed by atoms with E-state index in [1.165, 1.54) is 44.6 Å². The second-order valence-corrected chi connectivity index (χ2v) is 9.67. The molecule has 38 heavy (non-hydrogen) atoms. The van der Waals surface area contributed by atoms with Crippen molar-refractivity contribution in [2.24, 2.45) is 11.7 Å². The minimum Gasteiger partial charge on any atom is -0.496 e. The number of amides is 1. The summed E-state index contributed by atoms with van der Waals surface area (Å²) < 4.78 is 19.8. The highest BCUT2D eigenvalue weighted by Gasteiger charge is 2.28. The van der Waals surface area contributed by atoms with Crippen LogP contribution in [0.15, 0.2) is 60.7 Å². The number of rotatable bonds is 10. The van der Waals surface area contributed by atoms with Crippen LogP contribution in [0, 0.1) is 11.7 Å². The Morgan fingerprint density at radius 2 is 1.79 bits per heavy atom. The number of para-hydroxylation sites is 1. The highest BCUT2D eigenvalue weighted by atomic mass is 19.1. The van der Waals surface area contributed by atoms with Gasteiger partial charge in [0, 0.05) is 29.9 Å². The van der Waals surface area contributed by atoms with Crippen LogP contribution in [-0.4, -0.2) is 43.7 Å². The molecule has 0 unspecified atom stereocenters. The Morgan fingerprint density at radius 1 is 1.08 bits per heavy atom. The van der Waals surface area contributed by atoms with Gasteiger partial charge in [0.1, 0.15) is 11.6 Å².